The highest BCUT2D eigenvalue weighted by atomic mass is 79.9. The van der Waals surface area contributed by atoms with E-state index in [-0.39, 0.29) is 17.8 Å². The van der Waals surface area contributed by atoms with Crippen LogP contribution in [0.1, 0.15) is 24.9 Å². The minimum absolute atomic E-state index is 0.0730. The van der Waals surface area contributed by atoms with Gasteiger partial charge < -0.3 is 10.2 Å². The molecule has 6 heteroatoms. The highest BCUT2D eigenvalue weighted by molar-refractivity contribution is 9.10. The first-order valence-corrected chi connectivity index (χ1v) is 9.35. The molecule has 2 unspecified atom stereocenters. The average molecular weight is 361 g/mol. The second kappa shape index (κ2) is 6.03. The van der Waals surface area contributed by atoms with Crippen molar-refractivity contribution in [3.63, 3.8) is 0 Å². The van der Waals surface area contributed by atoms with Gasteiger partial charge in [-0.15, -0.1) is 0 Å². The van der Waals surface area contributed by atoms with Crippen molar-refractivity contribution in [2.45, 2.75) is 25.4 Å². The molecule has 1 aliphatic rings. The van der Waals surface area contributed by atoms with Crippen molar-refractivity contribution in [1.82, 2.24) is 5.32 Å². The van der Waals surface area contributed by atoms with E-state index in [9.17, 15) is 8.42 Å². The lowest BCUT2D eigenvalue weighted by Crippen LogP contribution is -2.32. The smallest absolute Gasteiger partial charge is 0.152 e. The quantitative estimate of drug-likeness (QED) is 0.895. The summed E-state index contributed by atoms with van der Waals surface area (Å²) in [6, 6.07) is 6.59. The number of nitrogens with zero attached hydrogens (tertiary/aromatic N) is 1. The Morgan fingerprint density at radius 1 is 1.45 bits per heavy atom. The molecule has 1 saturated heterocycles. The van der Waals surface area contributed by atoms with Crippen LogP contribution in [0.2, 0.25) is 0 Å². The summed E-state index contributed by atoms with van der Waals surface area (Å²) in [6.45, 7) is 2.11. The van der Waals surface area contributed by atoms with Gasteiger partial charge in [0.05, 0.1) is 17.2 Å². The van der Waals surface area contributed by atoms with Crippen LogP contribution in [0.15, 0.2) is 22.7 Å². The van der Waals surface area contributed by atoms with Crippen molar-refractivity contribution in [3.8, 4) is 0 Å². The van der Waals surface area contributed by atoms with Gasteiger partial charge in [0, 0.05) is 23.6 Å². The third-order valence-corrected chi connectivity index (χ3v) is 6.43. The van der Waals surface area contributed by atoms with E-state index in [1.54, 1.807) is 0 Å². The van der Waals surface area contributed by atoms with Crippen LogP contribution in [0, 0.1) is 0 Å². The maximum atomic E-state index is 11.6. The third kappa shape index (κ3) is 3.35. The van der Waals surface area contributed by atoms with Gasteiger partial charge in [0.2, 0.25) is 0 Å². The highest BCUT2D eigenvalue weighted by Crippen LogP contribution is 2.31. The Labute approximate surface area is 129 Å². The fourth-order valence-electron chi connectivity index (χ4n) is 2.52. The molecular formula is C14H21BrN2O2S. The van der Waals surface area contributed by atoms with E-state index in [0.717, 1.165) is 10.2 Å². The van der Waals surface area contributed by atoms with Crippen LogP contribution < -0.4 is 10.2 Å². The molecule has 20 heavy (non-hydrogen) atoms. The lowest BCUT2D eigenvalue weighted by Gasteiger charge is -2.27. The van der Waals surface area contributed by atoms with Crippen LogP contribution in [-0.4, -0.2) is 40.1 Å². The second-order valence-corrected chi connectivity index (χ2v) is 8.47. The van der Waals surface area contributed by atoms with Crippen LogP contribution in [0.25, 0.3) is 0 Å². The van der Waals surface area contributed by atoms with E-state index in [2.05, 4.69) is 51.3 Å². The minimum Gasteiger partial charge on any atom is -0.370 e. The second-order valence-electron chi connectivity index (χ2n) is 5.39. The summed E-state index contributed by atoms with van der Waals surface area (Å²) in [6.07, 6.45) is 0.708. The summed E-state index contributed by atoms with van der Waals surface area (Å²) < 4.78 is 24.2. The Hall–Kier alpha value is -0.590. The zero-order chi connectivity index (χ0) is 14.9. The standard InChI is InChI=1S/C14H21BrN2O2S/c1-10(16-2)11-4-5-14(13(15)8-11)17(3)12-6-7-20(18,19)9-12/h4-5,8,10,12,16H,6-7,9H2,1-3H3. The normalized spacial score (nSPS) is 22.7. The largest absolute Gasteiger partial charge is 0.370 e. The topological polar surface area (TPSA) is 49.4 Å². The van der Waals surface area contributed by atoms with Gasteiger partial charge in [-0.25, -0.2) is 8.42 Å². The molecule has 2 rings (SSSR count). The summed E-state index contributed by atoms with van der Waals surface area (Å²) in [5.41, 5.74) is 2.25. The zero-order valence-corrected chi connectivity index (χ0v) is 14.5. The summed E-state index contributed by atoms with van der Waals surface area (Å²) in [4.78, 5) is 2.07. The van der Waals surface area contributed by atoms with Crippen LogP contribution in [-0.2, 0) is 9.84 Å². The van der Waals surface area contributed by atoms with Crippen molar-refractivity contribution in [1.29, 1.82) is 0 Å². The molecule has 0 aromatic heterocycles. The molecular weight excluding hydrogens is 340 g/mol. The summed E-state index contributed by atoms with van der Waals surface area (Å²) in [7, 11) is 1.04. The van der Waals surface area contributed by atoms with Crippen molar-refractivity contribution >= 4 is 31.5 Å². The molecule has 1 aromatic carbocycles. The molecule has 1 N–H and O–H groups in total. The number of hydrogen-bond acceptors (Lipinski definition) is 4. The van der Waals surface area contributed by atoms with Crippen molar-refractivity contribution in [3.05, 3.63) is 28.2 Å². The highest BCUT2D eigenvalue weighted by Gasteiger charge is 2.31. The third-order valence-electron chi connectivity index (χ3n) is 4.04. The fraction of sp³-hybridized carbons (Fsp3) is 0.571. The summed E-state index contributed by atoms with van der Waals surface area (Å²) in [5.74, 6) is 0.555. The first-order valence-electron chi connectivity index (χ1n) is 6.74. The molecule has 0 amide bonds. The Morgan fingerprint density at radius 3 is 2.65 bits per heavy atom. The number of hydrogen-bond donors (Lipinski definition) is 1. The molecule has 1 fully saturated rings. The fourth-order valence-corrected chi connectivity index (χ4v) is 4.97. The van der Waals surface area contributed by atoms with E-state index < -0.39 is 9.84 Å². The summed E-state index contributed by atoms with van der Waals surface area (Å²) >= 11 is 3.60. The van der Waals surface area contributed by atoms with Crippen molar-refractivity contribution < 1.29 is 8.42 Å². The lowest BCUT2D eigenvalue weighted by atomic mass is 10.1. The van der Waals surface area contributed by atoms with E-state index in [1.807, 2.05) is 14.1 Å². The van der Waals surface area contributed by atoms with Gasteiger partial charge in [0.15, 0.2) is 9.84 Å². The first kappa shape index (κ1) is 15.8. The van der Waals surface area contributed by atoms with E-state index in [4.69, 9.17) is 0 Å². The van der Waals surface area contributed by atoms with Crippen molar-refractivity contribution in [2.24, 2.45) is 0 Å². The van der Waals surface area contributed by atoms with E-state index >= 15 is 0 Å². The molecule has 1 heterocycles. The number of sulfone groups is 1. The number of halogens is 1. The molecule has 4 nitrogen and oxygen atoms in total. The van der Waals surface area contributed by atoms with Gasteiger partial charge in [-0.2, -0.15) is 0 Å². The maximum absolute atomic E-state index is 11.6. The van der Waals surface area contributed by atoms with Crippen LogP contribution in [0.4, 0.5) is 5.69 Å². The van der Waals surface area contributed by atoms with Crippen LogP contribution in [0.3, 0.4) is 0 Å². The Bertz CT molecular complexity index is 589. The predicted molar refractivity (Wildman–Crippen MR) is 87.1 cm³/mol. The number of rotatable bonds is 4. The summed E-state index contributed by atoms with van der Waals surface area (Å²) in [5, 5.41) is 3.21. The molecule has 0 radical (unpaired) electrons. The van der Waals surface area contributed by atoms with Gasteiger partial charge in [0.1, 0.15) is 0 Å². The molecule has 112 valence electrons. The molecule has 2 atom stereocenters. The van der Waals surface area contributed by atoms with Gasteiger partial charge in [-0.05, 0) is 54.0 Å². The zero-order valence-electron chi connectivity index (χ0n) is 12.1. The van der Waals surface area contributed by atoms with Gasteiger partial charge in [-0.3, -0.25) is 0 Å². The predicted octanol–water partition coefficient (Wildman–Crippen LogP) is 2.35. The van der Waals surface area contributed by atoms with Gasteiger partial charge in [-0.1, -0.05) is 6.07 Å². The molecule has 1 aromatic rings. The van der Waals surface area contributed by atoms with Gasteiger partial charge >= 0.3 is 0 Å². The minimum atomic E-state index is -2.85. The van der Waals surface area contributed by atoms with Gasteiger partial charge in [0.25, 0.3) is 0 Å². The Morgan fingerprint density at radius 2 is 2.15 bits per heavy atom. The number of benzene rings is 1. The Balaban J connectivity index is 2.21. The number of nitrogens with one attached hydrogen (secondary N) is 1. The van der Waals surface area contributed by atoms with Crippen LogP contribution in [0.5, 0.6) is 0 Å². The van der Waals surface area contributed by atoms with Crippen molar-refractivity contribution in [2.75, 3.05) is 30.5 Å². The maximum Gasteiger partial charge on any atom is 0.152 e. The van der Waals surface area contributed by atoms with E-state index in [0.29, 0.717) is 12.2 Å². The average Bonchev–Trinajstić information content (AvgIpc) is 2.77. The Kier molecular flexibility index (Phi) is 4.76. The monoisotopic (exact) mass is 360 g/mol. The molecule has 0 aliphatic carbocycles. The SMILES string of the molecule is CNC(C)c1ccc(N(C)C2CCS(=O)(=O)C2)c(Br)c1. The molecule has 1 aliphatic heterocycles. The molecule has 0 saturated carbocycles. The first-order chi connectivity index (χ1) is 9.34. The lowest BCUT2D eigenvalue weighted by molar-refractivity contribution is 0.601. The molecule has 0 spiro atoms. The molecule has 0 bridgehead atoms. The number of anilines is 1. The van der Waals surface area contributed by atoms with E-state index in [1.165, 1.54) is 5.56 Å². The van der Waals surface area contributed by atoms with Crippen LogP contribution >= 0.6 is 15.9 Å².